The first-order valence-electron chi connectivity index (χ1n) is 9.15. The Morgan fingerprint density at radius 2 is 1.82 bits per heavy atom. The molecule has 28 heavy (non-hydrogen) atoms. The van der Waals surface area contributed by atoms with Crippen LogP contribution in [-0.4, -0.2) is 35.8 Å². The number of thiazole rings is 1. The third-order valence-corrected chi connectivity index (χ3v) is 4.73. The van der Waals surface area contributed by atoms with E-state index in [1.54, 1.807) is 25.3 Å². The molecule has 0 atom stereocenters. The van der Waals surface area contributed by atoms with E-state index in [9.17, 15) is 4.79 Å². The number of carbonyl (C=O) groups is 1. The fourth-order valence-electron chi connectivity index (χ4n) is 2.68. The van der Waals surface area contributed by atoms with E-state index < -0.39 is 5.97 Å². The number of benzene rings is 1. The van der Waals surface area contributed by atoms with Gasteiger partial charge in [-0.3, -0.25) is 4.98 Å². The maximum Gasteiger partial charge on any atom is 0.340 e. The summed E-state index contributed by atoms with van der Waals surface area (Å²) in [4.78, 5) is 21.2. The first-order valence-corrected chi connectivity index (χ1v) is 10.0. The van der Waals surface area contributed by atoms with Gasteiger partial charge in [0.15, 0.2) is 11.5 Å². The molecule has 0 aliphatic heterocycles. The molecule has 0 unspecified atom stereocenters. The summed E-state index contributed by atoms with van der Waals surface area (Å²) in [6.45, 7) is 7.06. The first-order chi connectivity index (χ1) is 13.7. The number of nitrogens with zero attached hydrogens (tertiary/aromatic N) is 2. The van der Waals surface area contributed by atoms with Gasteiger partial charge in [-0.15, -0.1) is 11.3 Å². The fraction of sp³-hybridized carbons (Fsp3) is 0.286. The molecule has 0 fully saturated rings. The highest BCUT2D eigenvalue weighted by Crippen LogP contribution is 2.35. The molecule has 2 heterocycles. The summed E-state index contributed by atoms with van der Waals surface area (Å²) in [6, 6.07) is 9.16. The second kappa shape index (κ2) is 9.32. The average Bonchev–Trinajstić information content (AvgIpc) is 3.20. The van der Waals surface area contributed by atoms with Crippen LogP contribution in [0.4, 0.5) is 0 Å². The smallest absolute Gasteiger partial charge is 0.340 e. The summed E-state index contributed by atoms with van der Waals surface area (Å²) in [5.74, 6) is 0.989. The van der Waals surface area contributed by atoms with Crippen LogP contribution in [0.25, 0.3) is 22.0 Å². The van der Waals surface area contributed by atoms with Gasteiger partial charge in [-0.25, -0.2) is 9.78 Å². The lowest BCUT2D eigenvalue weighted by atomic mass is 10.1. The lowest BCUT2D eigenvalue weighted by Gasteiger charge is -2.11. The predicted molar refractivity (Wildman–Crippen MR) is 109 cm³/mol. The molecule has 3 aromatic rings. The van der Waals surface area contributed by atoms with Crippen molar-refractivity contribution in [3.8, 4) is 33.5 Å². The Morgan fingerprint density at radius 3 is 2.57 bits per heavy atom. The van der Waals surface area contributed by atoms with Crippen molar-refractivity contribution in [1.82, 2.24) is 9.97 Å². The molecule has 0 amide bonds. The third-order valence-electron chi connectivity index (χ3n) is 3.84. The highest BCUT2D eigenvalue weighted by molar-refractivity contribution is 7.13. The van der Waals surface area contributed by atoms with Gasteiger partial charge in [0.25, 0.3) is 0 Å². The van der Waals surface area contributed by atoms with Crippen molar-refractivity contribution < 1.29 is 19.0 Å². The van der Waals surface area contributed by atoms with Crippen LogP contribution >= 0.6 is 11.3 Å². The standard InChI is InChI=1S/C21H22N2O4S/c1-4-25-17-10-9-14(12-18(17)26-5-2)20-23-16(13-28-20)19-15(8-7-11-22-19)21(24)27-6-3/h7-13H,4-6H2,1-3H3. The van der Waals surface area contributed by atoms with E-state index >= 15 is 0 Å². The van der Waals surface area contributed by atoms with E-state index in [1.165, 1.54) is 11.3 Å². The molecule has 0 saturated heterocycles. The molecule has 0 aliphatic rings. The molecule has 3 rings (SSSR count). The Kier molecular flexibility index (Phi) is 6.60. The Hall–Kier alpha value is -2.93. The largest absolute Gasteiger partial charge is 0.490 e. The molecule has 7 heteroatoms. The van der Waals surface area contributed by atoms with Crippen LogP contribution < -0.4 is 9.47 Å². The number of aromatic nitrogens is 2. The van der Waals surface area contributed by atoms with Crippen LogP contribution in [0.1, 0.15) is 31.1 Å². The molecular formula is C21H22N2O4S. The number of pyridine rings is 1. The van der Waals surface area contributed by atoms with Gasteiger partial charge >= 0.3 is 5.97 Å². The molecule has 0 spiro atoms. The van der Waals surface area contributed by atoms with Crippen molar-refractivity contribution >= 4 is 17.3 Å². The lowest BCUT2D eigenvalue weighted by Crippen LogP contribution is -2.07. The zero-order valence-electron chi connectivity index (χ0n) is 16.1. The molecule has 0 bridgehead atoms. The summed E-state index contributed by atoms with van der Waals surface area (Å²) < 4.78 is 16.4. The van der Waals surface area contributed by atoms with Crippen LogP contribution in [0.3, 0.4) is 0 Å². The van der Waals surface area contributed by atoms with Crippen LogP contribution in [0.2, 0.25) is 0 Å². The maximum atomic E-state index is 12.2. The Morgan fingerprint density at radius 1 is 1.04 bits per heavy atom. The molecule has 2 aromatic heterocycles. The van der Waals surface area contributed by atoms with Crippen molar-refractivity contribution in [2.45, 2.75) is 20.8 Å². The second-order valence-corrected chi connectivity index (χ2v) is 6.54. The fourth-order valence-corrected chi connectivity index (χ4v) is 3.48. The number of ether oxygens (including phenoxy) is 3. The Labute approximate surface area is 168 Å². The Balaban J connectivity index is 1.95. The van der Waals surface area contributed by atoms with Gasteiger partial charge in [-0.2, -0.15) is 0 Å². The molecule has 6 nitrogen and oxygen atoms in total. The highest BCUT2D eigenvalue weighted by Gasteiger charge is 2.18. The summed E-state index contributed by atoms with van der Waals surface area (Å²) in [5, 5.41) is 2.69. The molecule has 1 aromatic carbocycles. The normalized spacial score (nSPS) is 10.5. The third kappa shape index (κ3) is 4.31. The summed E-state index contributed by atoms with van der Waals surface area (Å²) in [6.07, 6.45) is 1.64. The van der Waals surface area contributed by atoms with Gasteiger partial charge in [0.1, 0.15) is 16.4 Å². The van der Waals surface area contributed by atoms with Crippen LogP contribution in [0.15, 0.2) is 41.9 Å². The van der Waals surface area contributed by atoms with E-state index in [0.29, 0.717) is 48.3 Å². The topological polar surface area (TPSA) is 70.5 Å². The monoisotopic (exact) mass is 398 g/mol. The first kappa shape index (κ1) is 19.8. The van der Waals surface area contributed by atoms with E-state index in [-0.39, 0.29) is 0 Å². The van der Waals surface area contributed by atoms with Gasteiger partial charge < -0.3 is 14.2 Å². The Bertz CT molecular complexity index is 955. The van der Waals surface area contributed by atoms with E-state index in [1.807, 2.05) is 37.4 Å². The second-order valence-electron chi connectivity index (χ2n) is 5.69. The van der Waals surface area contributed by atoms with E-state index in [0.717, 1.165) is 10.6 Å². The van der Waals surface area contributed by atoms with Gasteiger partial charge in [0, 0.05) is 17.1 Å². The molecule has 0 aliphatic carbocycles. The minimum atomic E-state index is -0.403. The number of carbonyl (C=O) groups excluding carboxylic acids is 1. The quantitative estimate of drug-likeness (QED) is 0.505. The summed E-state index contributed by atoms with van der Waals surface area (Å²) in [7, 11) is 0. The lowest BCUT2D eigenvalue weighted by molar-refractivity contribution is 0.0527. The molecular weight excluding hydrogens is 376 g/mol. The molecule has 0 N–H and O–H groups in total. The van der Waals surface area contributed by atoms with Crippen molar-refractivity contribution in [3.05, 3.63) is 47.5 Å². The van der Waals surface area contributed by atoms with Gasteiger partial charge in [-0.05, 0) is 51.1 Å². The summed E-state index contributed by atoms with van der Waals surface area (Å²) >= 11 is 1.48. The van der Waals surface area contributed by atoms with E-state index in [2.05, 4.69) is 9.97 Å². The minimum absolute atomic E-state index is 0.307. The summed E-state index contributed by atoms with van der Waals surface area (Å²) in [5.41, 5.74) is 2.47. The van der Waals surface area contributed by atoms with Gasteiger partial charge in [-0.1, -0.05) is 0 Å². The SMILES string of the molecule is CCOC(=O)c1cccnc1-c1csc(-c2ccc(OCC)c(OCC)c2)n1. The number of esters is 1. The van der Waals surface area contributed by atoms with Crippen molar-refractivity contribution in [2.75, 3.05) is 19.8 Å². The molecule has 146 valence electrons. The number of hydrogen-bond donors (Lipinski definition) is 0. The van der Waals surface area contributed by atoms with Gasteiger partial charge in [0.05, 0.1) is 25.4 Å². The zero-order chi connectivity index (χ0) is 19.9. The average molecular weight is 398 g/mol. The zero-order valence-corrected chi connectivity index (χ0v) is 16.9. The minimum Gasteiger partial charge on any atom is -0.490 e. The molecule has 0 saturated carbocycles. The predicted octanol–water partition coefficient (Wildman–Crippen LogP) is 4.85. The van der Waals surface area contributed by atoms with Gasteiger partial charge in [0.2, 0.25) is 0 Å². The number of rotatable bonds is 8. The van der Waals surface area contributed by atoms with E-state index in [4.69, 9.17) is 14.2 Å². The van der Waals surface area contributed by atoms with Crippen LogP contribution in [0, 0.1) is 0 Å². The van der Waals surface area contributed by atoms with Crippen molar-refractivity contribution in [3.63, 3.8) is 0 Å². The molecule has 0 radical (unpaired) electrons. The highest BCUT2D eigenvalue weighted by atomic mass is 32.1. The maximum absolute atomic E-state index is 12.2. The van der Waals surface area contributed by atoms with Crippen molar-refractivity contribution in [1.29, 1.82) is 0 Å². The number of hydrogen-bond acceptors (Lipinski definition) is 7. The van der Waals surface area contributed by atoms with Crippen LogP contribution in [0.5, 0.6) is 11.5 Å². The van der Waals surface area contributed by atoms with Crippen LogP contribution in [-0.2, 0) is 4.74 Å². The van der Waals surface area contributed by atoms with Crippen molar-refractivity contribution in [2.24, 2.45) is 0 Å².